The number of rotatable bonds is 2. The van der Waals surface area contributed by atoms with Gasteiger partial charge in [0.25, 0.3) is 0 Å². The summed E-state index contributed by atoms with van der Waals surface area (Å²) >= 11 is 0. The second kappa shape index (κ2) is 10.1. The first-order chi connectivity index (χ1) is 3.81. The lowest BCUT2D eigenvalue weighted by Gasteiger charge is -2.00. The van der Waals surface area contributed by atoms with Crippen LogP contribution in [0.25, 0.3) is 0 Å². The van der Waals surface area contributed by atoms with Crippen LogP contribution in [0.15, 0.2) is 0 Å². The first-order valence-corrected chi connectivity index (χ1v) is 4.30. The van der Waals surface area contributed by atoms with Gasteiger partial charge < -0.3 is 8.85 Å². The van der Waals surface area contributed by atoms with E-state index in [4.69, 9.17) is 8.85 Å². The van der Waals surface area contributed by atoms with E-state index in [1.807, 2.05) is 6.55 Å². The van der Waals surface area contributed by atoms with Crippen molar-refractivity contribution in [3.8, 4) is 0 Å². The molecule has 0 heterocycles. The highest BCUT2D eigenvalue weighted by molar-refractivity contribution is 6.42. The predicted octanol–water partition coefficient (Wildman–Crippen LogP) is -1.05. The minimum atomic E-state index is -1.16. The maximum atomic E-state index is 4.82. The van der Waals surface area contributed by atoms with Crippen LogP contribution < -0.4 is 11.7 Å². The summed E-state index contributed by atoms with van der Waals surface area (Å²) in [6.45, 7) is 1.97. The summed E-state index contributed by atoms with van der Waals surface area (Å²) in [7, 11) is 2.17. The summed E-state index contributed by atoms with van der Waals surface area (Å²) in [5, 5.41) is 0. The fraction of sp³-hybridized carbons (Fsp3) is 1.00. The molecule has 0 fully saturated rings. The van der Waals surface area contributed by atoms with Crippen LogP contribution in [0.5, 0.6) is 0 Å². The molecule has 0 amide bonds. The van der Waals surface area contributed by atoms with Gasteiger partial charge >= 0.3 is 9.28 Å². The molecule has 0 aromatic carbocycles. The van der Waals surface area contributed by atoms with Crippen LogP contribution in [0.1, 0.15) is 0 Å². The summed E-state index contributed by atoms with van der Waals surface area (Å²) in [5.74, 6) is 8.00. The number of hydrazine groups is 1. The number of hydrogen-bond donors (Lipinski definition) is 2. The largest absolute Gasteiger partial charge is 0.400 e. The second-order valence-electron chi connectivity index (χ2n) is 1.04. The maximum Gasteiger partial charge on any atom is 0.317 e. The van der Waals surface area contributed by atoms with Gasteiger partial charge in [0.15, 0.2) is 0 Å². The average Bonchev–Trinajstić information content (AvgIpc) is 1.91. The zero-order chi connectivity index (χ0) is 6.99. The van der Waals surface area contributed by atoms with Gasteiger partial charge in [-0.25, -0.2) is 0 Å². The molecular formula is C3H14N2O2Si. The first kappa shape index (κ1) is 10.9. The SMILES string of the molecule is CO[SiH](C)OC.NN. The Labute approximate surface area is 51.6 Å². The molecule has 0 radical (unpaired) electrons. The summed E-state index contributed by atoms with van der Waals surface area (Å²) in [4.78, 5) is 0. The normalized spacial score (nSPS) is 8.25. The van der Waals surface area contributed by atoms with Crippen molar-refractivity contribution >= 4 is 9.28 Å². The Morgan fingerprint density at radius 3 is 1.38 bits per heavy atom. The molecule has 0 aliphatic heterocycles. The van der Waals surface area contributed by atoms with Crippen LogP contribution in [0.3, 0.4) is 0 Å². The molecule has 0 aromatic rings. The van der Waals surface area contributed by atoms with E-state index >= 15 is 0 Å². The van der Waals surface area contributed by atoms with Crippen molar-refractivity contribution in [2.75, 3.05) is 14.2 Å². The van der Waals surface area contributed by atoms with E-state index in [0.717, 1.165) is 0 Å². The van der Waals surface area contributed by atoms with Crippen molar-refractivity contribution in [1.29, 1.82) is 0 Å². The lowest BCUT2D eigenvalue weighted by molar-refractivity contribution is 0.285. The summed E-state index contributed by atoms with van der Waals surface area (Å²) in [5.41, 5.74) is 0. The molecule has 0 spiro atoms. The summed E-state index contributed by atoms with van der Waals surface area (Å²) in [6.07, 6.45) is 0. The maximum absolute atomic E-state index is 4.82. The summed E-state index contributed by atoms with van der Waals surface area (Å²) < 4.78 is 9.63. The second-order valence-corrected chi connectivity index (χ2v) is 3.12. The Bertz CT molecular complexity index is 34.5. The zero-order valence-corrected chi connectivity index (χ0v) is 6.70. The van der Waals surface area contributed by atoms with Gasteiger partial charge in [0.2, 0.25) is 0 Å². The zero-order valence-electron chi connectivity index (χ0n) is 5.55. The molecule has 0 saturated heterocycles. The van der Waals surface area contributed by atoms with Crippen LogP contribution >= 0.6 is 0 Å². The summed E-state index contributed by atoms with van der Waals surface area (Å²) in [6, 6.07) is 0. The van der Waals surface area contributed by atoms with E-state index in [2.05, 4.69) is 11.7 Å². The standard InChI is InChI=1S/C3H10O2Si.H4N2/c1-4-6(3)5-2;1-2/h6H,1-3H3;1-2H2. The average molecular weight is 138 g/mol. The Morgan fingerprint density at radius 2 is 1.38 bits per heavy atom. The van der Waals surface area contributed by atoms with Crippen molar-refractivity contribution in [1.82, 2.24) is 0 Å². The fourth-order valence-electron chi connectivity index (χ4n) is 0.0962. The molecule has 0 aliphatic rings. The third-order valence-electron chi connectivity index (χ3n) is 0.664. The molecule has 4 N–H and O–H groups in total. The molecule has 0 saturated carbocycles. The van der Waals surface area contributed by atoms with Gasteiger partial charge in [-0.05, 0) is 6.55 Å². The van der Waals surface area contributed by atoms with E-state index in [-0.39, 0.29) is 0 Å². The topological polar surface area (TPSA) is 70.5 Å². The third kappa shape index (κ3) is 9.41. The number of nitrogens with two attached hydrogens (primary N) is 2. The van der Waals surface area contributed by atoms with Crippen molar-refractivity contribution in [2.24, 2.45) is 11.7 Å². The van der Waals surface area contributed by atoms with Crippen molar-refractivity contribution in [3.63, 3.8) is 0 Å². The molecule has 52 valence electrons. The molecule has 4 nitrogen and oxygen atoms in total. The Morgan fingerprint density at radius 1 is 1.12 bits per heavy atom. The molecule has 8 heavy (non-hydrogen) atoms. The predicted molar refractivity (Wildman–Crippen MR) is 35.4 cm³/mol. The van der Waals surface area contributed by atoms with Crippen molar-refractivity contribution < 1.29 is 8.85 Å². The third-order valence-corrected chi connectivity index (χ3v) is 1.99. The van der Waals surface area contributed by atoms with Gasteiger partial charge in [-0.15, -0.1) is 0 Å². The van der Waals surface area contributed by atoms with E-state index < -0.39 is 9.28 Å². The highest BCUT2D eigenvalue weighted by Gasteiger charge is 1.94. The molecule has 5 heteroatoms. The molecule has 0 unspecified atom stereocenters. The number of hydrogen-bond acceptors (Lipinski definition) is 4. The Kier molecular flexibility index (Phi) is 13.8. The van der Waals surface area contributed by atoms with E-state index in [1.54, 1.807) is 14.2 Å². The van der Waals surface area contributed by atoms with Crippen LogP contribution in [0.2, 0.25) is 6.55 Å². The lowest BCUT2D eigenvalue weighted by Crippen LogP contribution is -2.12. The lowest BCUT2D eigenvalue weighted by atomic mass is 11.8. The van der Waals surface area contributed by atoms with Gasteiger partial charge in [0, 0.05) is 14.2 Å². The van der Waals surface area contributed by atoms with E-state index in [9.17, 15) is 0 Å². The van der Waals surface area contributed by atoms with Crippen LogP contribution in [0.4, 0.5) is 0 Å². The van der Waals surface area contributed by atoms with Gasteiger partial charge in [-0.3, -0.25) is 11.7 Å². The van der Waals surface area contributed by atoms with E-state index in [0.29, 0.717) is 0 Å². The van der Waals surface area contributed by atoms with Crippen LogP contribution in [-0.2, 0) is 8.85 Å². The Hall–Kier alpha value is 0.0569. The van der Waals surface area contributed by atoms with Crippen molar-refractivity contribution in [3.05, 3.63) is 0 Å². The first-order valence-electron chi connectivity index (χ1n) is 2.20. The minimum Gasteiger partial charge on any atom is -0.400 e. The van der Waals surface area contributed by atoms with Gasteiger partial charge in [-0.2, -0.15) is 0 Å². The molecule has 0 atom stereocenters. The monoisotopic (exact) mass is 138 g/mol. The van der Waals surface area contributed by atoms with E-state index in [1.165, 1.54) is 0 Å². The molecule has 0 aromatic heterocycles. The molecule has 0 bridgehead atoms. The minimum absolute atomic E-state index is 1.16. The van der Waals surface area contributed by atoms with Gasteiger partial charge in [0.1, 0.15) is 0 Å². The fourth-order valence-corrected chi connectivity index (χ4v) is 0.289. The van der Waals surface area contributed by atoms with Gasteiger partial charge in [-0.1, -0.05) is 0 Å². The van der Waals surface area contributed by atoms with Crippen LogP contribution in [-0.4, -0.2) is 23.5 Å². The quantitative estimate of drug-likeness (QED) is 0.290. The molecule has 0 rings (SSSR count). The molecular weight excluding hydrogens is 124 g/mol. The Balaban J connectivity index is 0. The van der Waals surface area contributed by atoms with Crippen molar-refractivity contribution in [2.45, 2.75) is 6.55 Å². The highest BCUT2D eigenvalue weighted by atomic mass is 28.3. The molecule has 0 aliphatic carbocycles. The highest BCUT2D eigenvalue weighted by Crippen LogP contribution is 1.77. The smallest absolute Gasteiger partial charge is 0.317 e. The van der Waals surface area contributed by atoms with Gasteiger partial charge in [0.05, 0.1) is 0 Å². The van der Waals surface area contributed by atoms with Crippen LogP contribution in [0, 0.1) is 0 Å².